The van der Waals surface area contributed by atoms with Crippen LogP contribution < -0.4 is 19.7 Å². The summed E-state index contributed by atoms with van der Waals surface area (Å²) in [5.74, 6) is -0.550. The second-order valence-electron chi connectivity index (χ2n) is 7.25. The summed E-state index contributed by atoms with van der Waals surface area (Å²) in [7, 11) is 1.51. The molecular formula is C25H18ClIN2O5. The van der Waals surface area contributed by atoms with E-state index >= 15 is 0 Å². The molecule has 0 aliphatic carbocycles. The number of amides is 4. The SMILES string of the molecule is COc1cc(/C=C2\C(=O)NC(=O)N(c3cccc(Cl)c3)C2=O)cc(I)c1OCc1ccccc1. The van der Waals surface area contributed by atoms with Crippen molar-refractivity contribution in [3.05, 3.63) is 92.0 Å². The molecule has 0 saturated carbocycles. The van der Waals surface area contributed by atoms with Crippen LogP contribution in [0.2, 0.25) is 5.02 Å². The molecule has 0 bridgehead atoms. The van der Waals surface area contributed by atoms with E-state index in [2.05, 4.69) is 27.9 Å². The fourth-order valence-electron chi connectivity index (χ4n) is 3.37. The summed E-state index contributed by atoms with van der Waals surface area (Å²) in [6.07, 6.45) is 1.41. The third-order valence-corrected chi connectivity index (χ3v) is 5.99. The highest BCUT2D eigenvalue weighted by molar-refractivity contribution is 14.1. The van der Waals surface area contributed by atoms with E-state index in [1.807, 2.05) is 30.3 Å². The lowest BCUT2D eigenvalue weighted by atomic mass is 10.1. The Morgan fingerprint density at radius 1 is 1.03 bits per heavy atom. The second kappa shape index (κ2) is 10.3. The van der Waals surface area contributed by atoms with Crippen molar-refractivity contribution in [3.63, 3.8) is 0 Å². The molecule has 4 rings (SSSR count). The van der Waals surface area contributed by atoms with E-state index in [-0.39, 0.29) is 11.3 Å². The lowest BCUT2D eigenvalue weighted by Gasteiger charge is -2.26. The Morgan fingerprint density at radius 2 is 1.79 bits per heavy atom. The van der Waals surface area contributed by atoms with E-state index in [1.54, 1.807) is 30.3 Å². The number of carbonyl (C=O) groups excluding carboxylic acids is 3. The number of barbiturate groups is 1. The maximum Gasteiger partial charge on any atom is 0.335 e. The Balaban J connectivity index is 1.65. The van der Waals surface area contributed by atoms with Crippen molar-refractivity contribution >= 4 is 63.8 Å². The molecule has 34 heavy (non-hydrogen) atoms. The van der Waals surface area contributed by atoms with Crippen LogP contribution in [0.1, 0.15) is 11.1 Å². The number of hydrogen-bond donors (Lipinski definition) is 1. The molecule has 1 fully saturated rings. The summed E-state index contributed by atoms with van der Waals surface area (Å²) in [5, 5.41) is 2.55. The molecule has 1 saturated heterocycles. The summed E-state index contributed by atoms with van der Waals surface area (Å²) in [6, 6.07) is 18.5. The van der Waals surface area contributed by atoms with Gasteiger partial charge in [-0.15, -0.1) is 0 Å². The largest absolute Gasteiger partial charge is 0.493 e. The van der Waals surface area contributed by atoms with E-state index < -0.39 is 17.8 Å². The van der Waals surface area contributed by atoms with E-state index in [0.29, 0.717) is 28.7 Å². The molecule has 0 aromatic heterocycles. The smallest absolute Gasteiger partial charge is 0.335 e. The van der Waals surface area contributed by atoms with Crippen molar-refractivity contribution in [3.8, 4) is 11.5 Å². The predicted octanol–water partition coefficient (Wildman–Crippen LogP) is 5.20. The molecule has 9 heteroatoms. The summed E-state index contributed by atoms with van der Waals surface area (Å²) >= 11 is 8.11. The fourth-order valence-corrected chi connectivity index (χ4v) is 4.33. The molecule has 3 aromatic carbocycles. The predicted molar refractivity (Wildman–Crippen MR) is 137 cm³/mol. The third-order valence-electron chi connectivity index (χ3n) is 4.96. The Bertz CT molecular complexity index is 1310. The number of nitrogens with one attached hydrogen (secondary N) is 1. The highest BCUT2D eigenvalue weighted by atomic mass is 127. The van der Waals surface area contributed by atoms with Crippen LogP contribution >= 0.6 is 34.2 Å². The molecular weight excluding hydrogens is 571 g/mol. The number of hydrogen-bond acceptors (Lipinski definition) is 5. The normalized spacial score (nSPS) is 14.9. The number of urea groups is 1. The Kier molecular flexibility index (Phi) is 7.18. The minimum absolute atomic E-state index is 0.199. The van der Waals surface area contributed by atoms with Crippen LogP contribution in [0.4, 0.5) is 10.5 Å². The Hall–Kier alpha value is -3.37. The standard InChI is InChI=1S/C25H18ClIN2O5/c1-33-21-12-16(11-20(27)22(21)34-14-15-6-3-2-4-7-15)10-19-23(30)28-25(32)29(24(19)31)18-9-5-8-17(26)13-18/h2-13H,14H2,1H3,(H,28,30,32)/b19-10+. The van der Waals surface area contributed by atoms with E-state index in [1.165, 1.54) is 19.3 Å². The van der Waals surface area contributed by atoms with Crippen molar-refractivity contribution in [2.24, 2.45) is 0 Å². The number of ether oxygens (including phenoxy) is 2. The van der Waals surface area contributed by atoms with Gasteiger partial charge in [0, 0.05) is 5.02 Å². The molecule has 0 radical (unpaired) electrons. The third kappa shape index (κ3) is 5.07. The summed E-state index contributed by atoms with van der Waals surface area (Å²) in [5.41, 5.74) is 1.59. The van der Waals surface area contributed by atoms with Crippen LogP contribution in [0.5, 0.6) is 11.5 Å². The molecule has 1 aliphatic rings. The number of halogens is 2. The van der Waals surface area contributed by atoms with Crippen molar-refractivity contribution in [1.29, 1.82) is 0 Å². The zero-order chi connectivity index (χ0) is 24.2. The average molecular weight is 589 g/mol. The average Bonchev–Trinajstić information content (AvgIpc) is 2.81. The first-order chi connectivity index (χ1) is 16.4. The zero-order valence-corrected chi connectivity index (χ0v) is 20.8. The van der Waals surface area contributed by atoms with E-state index in [4.69, 9.17) is 21.1 Å². The fraction of sp³-hybridized carbons (Fsp3) is 0.0800. The van der Waals surface area contributed by atoms with Crippen LogP contribution in [0.3, 0.4) is 0 Å². The first-order valence-corrected chi connectivity index (χ1v) is 11.5. The van der Waals surface area contributed by atoms with Crippen LogP contribution in [0, 0.1) is 3.57 Å². The van der Waals surface area contributed by atoms with Crippen LogP contribution in [0.25, 0.3) is 6.08 Å². The lowest BCUT2D eigenvalue weighted by molar-refractivity contribution is -0.122. The Labute approximate surface area is 214 Å². The molecule has 0 atom stereocenters. The lowest BCUT2D eigenvalue weighted by Crippen LogP contribution is -2.54. The van der Waals surface area contributed by atoms with Crippen molar-refractivity contribution in [1.82, 2.24) is 5.32 Å². The number of imide groups is 2. The first kappa shape index (κ1) is 23.8. The minimum Gasteiger partial charge on any atom is -0.493 e. The van der Waals surface area contributed by atoms with Crippen molar-refractivity contribution < 1.29 is 23.9 Å². The number of anilines is 1. The van der Waals surface area contributed by atoms with Crippen molar-refractivity contribution in [2.75, 3.05) is 12.0 Å². The second-order valence-corrected chi connectivity index (χ2v) is 8.84. The topological polar surface area (TPSA) is 84.9 Å². The summed E-state index contributed by atoms with van der Waals surface area (Å²) in [4.78, 5) is 38.9. The number of methoxy groups -OCH3 is 1. The molecule has 1 N–H and O–H groups in total. The number of benzene rings is 3. The van der Waals surface area contributed by atoms with Crippen LogP contribution in [0.15, 0.2) is 72.3 Å². The molecule has 0 spiro atoms. The van der Waals surface area contributed by atoms with E-state index in [9.17, 15) is 14.4 Å². The molecule has 1 aliphatic heterocycles. The van der Waals surface area contributed by atoms with Gasteiger partial charge in [-0.2, -0.15) is 0 Å². The maximum atomic E-state index is 13.1. The minimum atomic E-state index is -0.841. The molecule has 7 nitrogen and oxygen atoms in total. The van der Waals surface area contributed by atoms with Gasteiger partial charge >= 0.3 is 6.03 Å². The first-order valence-electron chi connectivity index (χ1n) is 10.1. The molecule has 172 valence electrons. The molecule has 3 aromatic rings. The molecule has 4 amide bonds. The van der Waals surface area contributed by atoms with Gasteiger partial charge in [0.2, 0.25) is 0 Å². The molecule has 0 unspecified atom stereocenters. The van der Waals surface area contributed by atoms with Crippen molar-refractivity contribution in [2.45, 2.75) is 6.61 Å². The summed E-state index contributed by atoms with van der Waals surface area (Å²) < 4.78 is 12.2. The highest BCUT2D eigenvalue weighted by Gasteiger charge is 2.37. The Morgan fingerprint density at radius 3 is 2.50 bits per heavy atom. The van der Waals surface area contributed by atoms with Gasteiger partial charge in [0.05, 0.1) is 16.4 Å². The number of carbonyl (C=O) groups is 3. The monoisotopic (exact) mass is 588 g/mol. The van der Waals surface area contributed by atoms with E-state index in [0.717, 1.165) is 14.0 Å². The van der Waals surface area contributed by atoms with Gasteiger partial charge in [-0.25, -0.2) is 9.69 Å². The van der Waals surface area contributed by atoms with Gasteiger partial charge < -0.3 is 9.47 Å². The van der Waals surface area contributed by atoms with Gasteiger partial charge in [0.25, 0.3) is 11.8 Å². The number of nitrogens with zero attached hydrogens (tertiary/aromatic N) is 1. The van der Waals surface area contributed by atoms with Gasteiger partial charge in [0.1, 0.15) is 12.2 Å². The highest BCUT2D eigenvalue weighted by Crippen LogP contribution is 2.35. The zero-order valence-electron chi connectivity index (χ0n) is 17.9. The maximum absolute atomic E-state index is 13.1. The quantitative estimate of drug-likeness (QED) is 0.243. The van der Waals surface area contributed by atoms with Gasteiger partial charge in [-0.1, -0.05) is 48.0 Å². The molecule has 1 heterocycles. The van der Waals surface area contributed by atoms with Gasteiger partial charge in [0.15, 0.2) is 11.5 Å². The summed E-state index contributed by atoms with van der Waals surface area (Å²) in [6.45, 7) is 0.352. The van der Waals surface area contributed by atoms with Gasteiger partial charge in [-0.05, 0) is 70.1 Å². The van der Waals surface area contributed by atoms with Crippen LogP contribution in [-0.2, 0) is 16.2 Å². The van der Waals surface area contributed by atoms with Crippen LogP contribution in [-0.4, -0.2) is 25.0 Å². The van der Waals surface area contributed by atoms with Gasteiger partial charge in [-0.3, -0.25) is 14.9 Å². The number of rotatable bonds is 6.